The number of benzene rings is 1. The minimum Gasteiger partial charge on any atom is -0.302 e. The van der Waals surface area contributed by atoms with Gasteiger partial charge in [-0.2, -0.15) is 0 Å². The second-order valence-corrected chi connectivity index (χ2v) is 4.06. The zero-order chi connectivity index (χ0) is 10.0. The van der Waals surface area contributed by atoms with Crippen molar-refractivity contribution < 1.29 is 13.2 Å². The lowest BCUT2D eigenvalue weighted by Gasteiger charge is -2.07. The zero-order valence-corrected chi connectivity index (χ0v) is 8.27. The summed E-state index contributed by atoms with van der Waals surface area (Å²) in [5.41, 5.74) is 0.472. The van der Waals surface area contributed by atoms with E-state index in [1.54, 1.807) is 0 Å². The van der Waals surface area contributed by atoms with E-state index in [1.807, 2.05) is 13.8 Å². The third-order valence-electron chi connectivity index (χ3n) is 1.79. The molecule has 13 heavy (non-hydrogen) atoms. The van der Waals surface area contributed by atoms with Crippen LogP contribution >= 0.6 is 0 Å². The van der Waals surface area contributed by atoms with Gasteiger partial charge in [-0.15, -0.1) is 0 Å². The van der Waals surface area contributed by atoms with Gasteiger partial charge in [-0.25, -0.2) is 8.60 Å². The molecule has 0 fully saturated rings. The Hall–Kier alpha value is -0.740. The number of rotatable bonds is 2. The molecule has 0 aromatic heterocycles. The maximum atomic E-state index is 13.1. The minimum atomic E-state index is -2.03. The van der Waals surface area contributed by atoms with Crippen molar-refractivity contribution >= 4 is 11.1 Å². The summed E-state index contributed by atoms with van der Waals surface area (Å²) in [5, 5.41) is 0. The largest absolute Gasteiger partial charge is 0.302 e. The van der Waals surface area contributed by atoms with E-state index >= 15 is 0 Å². The summed E-state index contributed by atoms with van der Waals surface area (Å²) in [6.45, 7) is 3.67. The van der Waals surface area contributed by atoms with Gasteiger partial charge in [-0.1, -0.05) is 13.8 Å². The molecule has 0 heterocycles. The molecular formula is C9H11FO2S. The SMILES string of the molecule is CC(C)c1cc(S(=O)O)ccc1F. The van der Waals surface area contributed by atoms with Gasteiger partial charge < -0.3 is 4.55 Å². The Morgan fingerprint density at radius 1 is 1.46 bits per heavy atom. The molecule has 0 saturated carbocycles. The van der Waals surface area contributed by atoms with Crippen LogP contribution in [0.3, 0.4) is 0 Å². The van der Waals surface area contributed by atoms with Crippen LogP contribution in [-0.4, -0.2) is 8.76 Å². The van der Waals surface area contributed by atoms with Crippen molar-refractivity contribution in [3.8, 4) is 0 Å². The number of hydrogen-bond donors (Lipinski definition) is 1. The fourth-order valence-corrected chi connectivity index (χ4v) is 1.49. The fraction of sp³-hybridized carbons (Fsp3) is 0.333. The highest BCUT2D eigenvalue weighted by atomic mass is 32.2. The Kier molecular flexibility index (Phi) is 3.17. The molecule has 1 aromatic carbocycles. The second-order valence-electron chi connectivity index (χ2n) is 3.09. The Morgan fingerprint density at radius 2 is 2.08 bits per heavy atom. The predicted molar refractivity (Wildman–Crippen MR) is 49.5 cm³/mol. The predicted octanol–water partition coefficient (Wildman–Crippen LogP) is 2.53. The van der Waals surface area contributed by atoms with E-state index in [-0.39, 0.29) is 16.6 Å². The third-order valence-corrected chi connectivity index (χ3v) is 2.45. The quantitative estimate of drug-likeness (QED) is 0.748. The van der Waals surface area contributed by atoms with E-state index in [1.165, 1.54) is 18.2 Å². The van der Waals surface area contributed by atoms with Gasteiger partial charge in [-0.05, 0) is 29.7 Å². The lowest BCUT2D eigenvalue weighted by Crippen LogP contribution is -1.96. The highest BCUT2D eigenvalue weighted by Gasteiger charge is 2.09. The molecule has 1 atom stereocenters. The molecule has 0 amide bonds. The number of hydrogen-bond acceptors (Lipinski definition) is 1. The van der Waals surface area contributed by atoms with Crippen molar-refractivity contribution in [2.75, 3.05) is 0 Å². The van der Waals surface area contributed by atoms with Crippen LogP contribution in [0.25, 0.3) is 0 Å². The third kappa shape index (κ3) is 2.35. The summed E-state index contributed by atoms with van der Waals surface area (Å²) >= 11 is -2.03. The van der Waals surface area contributed by atoms with Crippen LogP contribution in [0.4, 0.5) is 4.39 Å². The molecule has 0 aliphatic rings. The van der Waals surface area contributed by atoms with E-state index in [9.17, 15) is 8.60 Å². The van der Waals surface area contributed by atoms with Crippen LogP contribution in [0.15, 0.2) is 23.1 Å². The molecule has 0 bridgehead atoms. The van der Waals surface area contributed by atoms with Gasteiger partial charge >= 0.3 is 0 Å². The van der Waals surface area contributed by atoms with Crippen LogP contribution in [0.1, 0.15) is 25.3 Å². The van der Waals surface area contributed by atoms with Crippen LogP contribution in [0.5, 0.6) is 0 Å². The first kappa shape index (κ1) is 10.3. The topological polar surface area (TPSA) is 37.3 Å². The van der Waals surface area contributed by atoms with Crippen molar-refractivity contribution in [2.45, 2.75) is 24.7 Å². The van der Waals surface area contributed by atoms with Crippen molar-refractivity contribution in [3.63, 3.8) is 0 Å². The van der Waals surface area contributed by atoms with E-state index in [4.69, 9.17) is 4.55 Å². The van der Waals surface area contributed by atoms with E-state index in [0.29, 0.717) is 5.56 Å². The van der Waals surface area contributed by atoms with Gasteiger partial charge in [0.15, 0.2) is 11.1 Å². The molecule has 1 rings (SSSR count). The highest BCUT2D eigenvalue weighted by Crippen LogP contribution is 2.20. The summed E-state index contributed by atoms with van der Waals surface area (Å²) in [6.07, 6.45) is 0. The van der Waals surface area contributed by atoms with Crippen LogP contribution < -0.4 is 0 Å². The van der Waals surface area contributed by atoms with E-state index in [2.05, 4.69) is 0 Å². The fourth-order valence-electron chi connectivity index (χ4n) is 1.07. The van der Waals surface area contributed by atoms with Crippen molar-refractivity contribution in [1.82, 2.24) is 0 Å². The van der Waals surface area contributed by atoms with Crippen LogP contribution in [-0.2, 0) is 11.1 Å². The molecular weight excluding hydrogens is 191 g/mol. The Bertz CT molecular complexity index is 336. The molecule has 0 aliphatic heterocycles. The molecule has 0 saturated heterocycles. The van der Waals surface area contributed by atoms with Gasteiger partial charge in [0.1, 0.15) is 5.82 Å². The molecule has 0 spiro atoms. The van der Waals surface area contributed by atoms with Crippen LogP contribution in [0, 0.1) is 5.82 Å². The first-order chi connectivity index (χ1) is 6.02. The van der Waals surface area contributed by atoms with Gasteiger partial charge in [-0.3, -0.25) is 0 Å². The molecule has 1 unspecified atom stereocenters. The lowest BCUT2D eigenvalue weighted by atomic mass is 10.0. The van der Waals surface area contributed by atoms with Crippen molar-refractivity contribution in [3.05, 3.63) is 29.6 Å². The van der Waals surface area contributed by atoms with Crippen LogP contribution in [0.2, 0.25) is 0 Å². The summed E-state index contributed by atoms with van der Waals surface area (Å²) in [6, 6.07) is 3.96. The summed E-state index contributed by atoms with van der Waals surface area (Å²) in [4.78, 5) is 0.241. The molecule has 0 aliphatic carbocycles. The van der Waals surface area contributed by atoms with E-state index < -0.39 is 11.1 Å². The zero-order valence-electron chi connectivity index (χ0n) is 7.45. The smallest absolute Gasteiger partial charge is 0.186 e. The summed E-state index contributed by atoms with van der Waals surface area (Å²) in [5.74, 6) is -0.312. The maximum Gasteiger partial charge on any atom is 0.186 e. The normalized spacial score (nSPS) is 13.3. The number of halogens is 1. The molecule has 1 aromatic rings. The highest BCUT2D eigenvalue weighted by molar-refractivity contribution is 7.79. The Labute approximate surface area is 79.1 Å². The maximum absolute atomic E-state index is 13.1. The van der Waals surface area contributed by atoms with Crippen molar-refractivity contribution in [2.24, 2.45) is 0 Å². The van der Waals surface area contributed by atoms with Gasteiger partial charge in [0.2, 0.25) is 0 Å². The molecule has 1 N–H and O–H groups in total. The second kappa shape index (κ2) is 3.98. The lowest BCUT2D eigenvalue weighted by molar-refractivity contribution is 0.562. The molecule has 2 nitrogen and oxygen atoms in total. The monoisotopic (exact) mass is 202 g/mol. The van der Waals surface area contributed by atoms with Gasteiger partial charge in [0, 0.05) is 0 Å². The molecule has 0 radical (unpaired) electrons. The first-order valence-corrected chi connectivity index (χ1v) is 5.03. The average Bonchev–Trinajstić information content (AvgIpc) is 2.04. The summed E-state index contributed by atoms with van der Waals surface area (Å²) in [7, 11) is 0. The first-order valence-electron chi connectivity index (χ1n) is 3.92. The Morgan fingerprint density at radius 3 is 2.54 bits per heavy atom. The molecule has 72 valence electrons. The summed E-state index contributed by atoms with van der Waals surface area (Å²) < 4.78 is 32.5. The van der Waals surface area contributed by atoms with Crippen molar-refractivity contribution in [1.29, 1.82) is 0 Å². The minimum absolute atomic E-state index is 0.0171. The van der Waals surface area contributed by atoms with Gasteiger partial charge in [0.25, 0.3) is 0 Å². The average molecular weight is 202 g/mol. The molecule has 4 heteroatoms. The standard InChI is InChI=1S/C9H11FO2S/c1-6(2)8-5-7(13(11)12)3-4-9(8)10/h3-6H,1-2H3,(H,11,12). The van der Waals surface area contributed by atoms with E-state index in [0.717, 1.165) is 0 Å². The Balaban J connectivity index is 3.19. The van der Waals surface area contributed by atoms with Gasteiger partial charge in [0.05, 0.1) is 4.90 Å².